The second-order valence-electron chi connectivity index (χ2n) is 4.82. The van der Waals surface area contributed by atoms with Crippen LogP contribution in [0, 0.1) is 5.82 Å². The molecule has 0 amide bonds. The van der Waals surface area contributed by atoms with Gasteiger partial charge in [0.1, 0.15) is 10.7 Å². The summed E-state index contributed by atoms with van der Waals surface area (Å²) in [4.78, 5) is -0.391. The Hall–Kier alpha value is -1.02. The van der Waals surface area contributed by atoms with Crippen molar-refractivity contribution in [2.45, 2.75) is 31.0 Å². The third-order valence-electron chi connectivity index (χ3n) is 3.21. The van der Waals surface area contributed by atoms with Crippen molar-refractivity contribution in [1.29, 1.82) is 0 Å². The zero-order valence-electron chi connectivity index (χ0n) is 11.3. The fraction of sp³-hybridized carbons (Fsp3) is 0.538. The van der Waals surface area contributed by atoms with E-state index in [9.17, 15) is 12.8 Å². The molecule has 7 heteroatoms. The van der Waals surface area contributed by atoms with Crippen LogP contribution in [0.15, 0.2) is 23.1 Å². The molecule has 0 aromatic heterocycles. The molecule has 1 atom stereocenters. The first-order valence-electron chi connectivity index (χ1n) is 6.46. The molecule has 0 bridgehead atoms. The maximum absolute atomic E-state index is 13.8. The van der Waals surface area contributed by atoms with Gasteiger partial charge in [0.25, 0.3) is 0 Å². The van der Waals surface area contributed by atoms with Gasteiger partial charge >= 0.3 is 0 Å². The van der Waals surface area contributed by atoms with E-state index >= 15 is 0 Å². The van der Waals surface area contributed by atoms with Crippen molar-refractivity contribution in [3.05, 3.63) is 29.6 Å². The number of rotatable bonds is 3. The van der Waals surface area contributed by atoms with E-state index in [1.54, 1.807) is 6.92 Å². The molecule has 0 spiro atoms. The normalized spacial score (nSPS) is 21.6. The highest BCUT2D eigenvalue weighted by Crippen LogP contribution is 2.22. The summed E-state index contributed by atoms with van der Waals surface area (Å²) in [5.41, 5.74) is 0.365. The summed E-state index contributed by atoms with van der Waals surface area (Å²) in [6.07, 6.45) is 0.349. The molecule has 2 rings (SSSR count). The minimum Gasteiger partial charge on any atom is -0.392 e. The lowest BCUT2D eigenvalue weighted by atomic mass is 10.2. The first-order chi connectivity index (χ1) is 9.45. The Labute approximate surface area is 118 Å². The highest BCUT2D eigenvalue weighted by Gasteiger charge is 2.30. The maximum atomic E-state index is 13.8. The predicted octanol–water partition coefficient (Wildman–Crippen LogP) is 1.12. The lowest BCUT2D eigenvalue weighted by molar-refractivity contribution is 0.0752. The van der Waals surface area contributed by atoms with Crippen LogP contribution < -0.4 is 0 Å². The van der Waals surface area contributed by atoms with E-state index in [0.29, 0.717) is 25.1 Å². The maximum Gasteiger partial charge on any atom is 0.246 e. The van der Waals surface area contributed by atoms with Crippen LogP contribution in [0.25, 0.3) is 0 Å². The number of nitrogens with zero attached hydrogens (tertiary/aromatic N) is 1. The number of benzene rings is 1. The van der Waals surface area contributed by atoms with E-state index in [0.717, 1.165) is 6.07 Å². The zero-order chi connectivity index (χ0) is 14.8. The molecule has 20 heavy (non-hydrogen) atoms. The molecular weight excluding hydrogens is 285 g/mol. The molecule has 1 N–H and O–H groups in total. The van der Waals surface area contributed by atoms with Gasteiger partial charge in [0, 0.05) is 19.7 Å². The second-order valence-corrected chi connectivity index (χ2v) is 6.73. The van der Waals surface area contributed by atoms with Crippen molar-refractivity contribution in [3.8, 4) is 0 Å². The Bertz CT molecular complexity index is 576. The van der Waals surface area contributed by atoms with Gasteiger partial charge in [-0.15, -0.1) is 0 Å². The van der Waals surface area contributed by atoms with Crippen molar-refractivity contribution >= 4 is 10.0 Å². The first kappa shape index (κ1) is 15.4. The second kappa shape index (κ2) is 6.17. The molecule has 1 saturated heterocycles. The third-order valence-corrected chi connectivity index (χ3v) is 5.09. The smallest absolute Gasteiger partial charge is 0.246 e. The molecule has 5 nitrogen and oxygen atoms in total. The van der Waals surface area contributed by atoms with Gasteiger partial charge in [-0.3, -0.25) is 0 Å². The molecule has 1 aliphatic rings. The van der Waals surface area contributed by atoms with Gasteiger partial charge in [-0.1, -0.05) is 6.07 Å². The van der Waals surface area contributed by atoms with Crippen LogP contribution in [0.5, 0.6) is 0 Å². The minimum absolute atomic E-state index is 0.200. The third kappa shape index (κ3) is 3.17. The fourth-order valence-electron chi connectivity index (χ4n) is 2.16. The van der Waals surface area contributed by atoms with Crippen molar-refractivity contribution in [3.63, 3.8) is 0 Å². The average Bonchev–Trinajstić information content (AvgIpc) is 2.64. The lowest BCUT2D eigenvalue weighted by Crippen LogP contribution is -2.36. The molecular formula is C13H18FNO4S. The molecule has 1 aromatic rings. The average molecular weight is 303 g/mol. The van der Waals surface area contributed by atoms with E-state index in [4.69, 9.17) is 9.84 Å². The summed E-state index contributed by atoms with van der Waals surface area (Å²) >= 11 is 0. The molecule has 1 fully saturated rings. The highest BCUT2D eigenvalue weighted by molar-refractivity contribution is 7.89. The molecule has 0 saturated carbocycles. The van der Waals surface area contributed by atoms with Gasteiger partial charge < -0.3 is 9.84 Å². The number of hydrogen-bond donors (Lipinski definition) is 1. The van der Waals surface area contributed by atoms with Gasteiger partial charge in [-0.2, -0.15) is 4.31 Å². The molecule has 0 radical (unpaired) electrons. The Morgan fingerprint density at radius 2 is 2.25 bits per heavy atom. The van der Waals surface area contributed by atoms with E-state index in [1.807, 2.05) is 0 Å². The Morgan fingerprint density at radius 3 is 2.95 bits per heavy atom. The van der Waals surface area contributed by atoms with E-state index in [1.165, 1.54) is 16.4 Å². The van der Waals surface area contributed by atoms with Crippen molar-refractivity contribution in [1.82, 2.24) is 4.31 Å². The molecule has 112 valence electrons. The predicted molar refractivity (Wildman–Crippen MR) is 71.1 cm³/mol. The number of hydrogen-bond acceptors (Lipinski definition) is 4. The van der Waals surface area contributed by atoms with Gasteiger partial charge in [0.05, 0.1) is 12.7 Å². The number of ether oxygens (including phenoxy) is 1. The van der Waals surface area contributed by atoms with Crippen LogP contribution in [0.3, 0.4) is 0 Å². The summed E-state index contributed by atoms with van der Waals surface area (Å²) in [5.74, 6) is -0.806. The summed E-state index contributed by atoms with van der Waals surface area (Å²) < 4.78 is 45.5. The molecule has 1 aromatic carbocycles. The SMILES string of the molecule is CC1CN(S(=O)(=O)c2cc(CO)ccc2F)CCCO1. The largest absolute Gasteiger partial charge is 0.392 e. The van der Waals surface area contributed by atoms with E-state index in [-0.39, 0.29) is 19.3 Å². The van der Waals surface area contributed by atoms with Crippen LogP contribution in [-0.4, -0.2) is 43.6 Å². The number of aliphatic hydroxyl groups excluding tert-OH is 1. The van der Waals surface area contributed by atoms with Crippen molar-refractivity contribution in [2.75, 3.05) is 19.7 Å². The topological polar surface area (TPSA) is 66.8 Å². The lowest BCUT2D eigenvalue weighted by Gasteiger charge is -2.22. The minimum atomic E-state index is -3.91. The number of halogens is 1. The summed E-state index contributed by atoms with van der Waals surface area (Å²) in [5, 5.41) is 9.07. The fourth-order valence-corrected chi connectivity index (χ4v) is 3.83. The number of aliphatic hydroxyl groups is 1. The van der Waals surface area contributed by atoms with Gasteiger partial charge in [0.15, 0.2) is 0 Å². The van der Waals surface area contributed by atoms with Crippen LogP contribution >= 0.6 is 0 Å². The first-order valence-corrected chi connectivity index (χ1v) is 7.90. The van der Waals surface area contributed by atoms with E-state index in [2.05, 4.69) is 0 Å². The van der Waals surface area contributed by atoms with Crippen LogP contribution in [0.2, 0.25) is 0 Å². The monoisotopic (exact) mass is 303 g/mol. The Balaban J connectivity index is 2.38. The zero-order valence-corrected chi connectivity index (χ0v) is 12.1. The van der Waals surface area contributed by atoms with Gasteiger partial charge in [-0.05, 0) is 31.0 Å². The number of sulfonamides is 1. The van der Waals surface area contributed by atoms with E-state index < -0.39 is 20.7 Å². The molecule has 1 heterocycles. The Morgan fingerprint density at radius 1 is 1.50 bits per heavy atom. The van der Waals surface area contributed by atoms with Crippen LogP contribution in [-0.2, 0) is 21.4 Å². The van der Waals surface area contributed by atoms with Crippen LogP contribution in [0.4, 0.5) is 4.39 Å². The quantitative estimate of drug-likeness (QED) is 0.908. The van der Waals surface area contributed by atoms with Gasteiger partial charge in [-0.25, -0.2) is 12.8 Å². The Kier molecular flexibility index (Phi) is 4.74. The summed E-state index contributed by atoms with van der Waals surface area (Å²) in [6, 6.07) is 3.61. The molecule has 0 aliphatic carbocycles. The molecule has 1 aliphatic heterocycles. The summed E-state index contributed by atoms with van der Waals surface area (Å²) in [7, 11) is -3.91. The standard InChI is InChI=1S/C13H18FNO4S/c1-10-8-15(5-2-6-19-10)20(17,18)13-7-11(9-16)3-4-12(13)14/h3-4,7,10,16H,2,5-6,8-9H2,1H3. The summed E-state index contributed by atoms with van der Waals surface area (Å²) in [6.45, 7) is 2.45. The van der Waals surface area contributed by atoms with Crippen LogP contribution in [0.1, 0.15) is 18.9 Å². The van der Waals surface area contributed by atoms with Crippen molar-refractivity contribution in [2.24, 2.45) is 0 Å². The van der Waals surface area contributed by atoms with Crippen molar-refractivity contribution < 1.29 is 22.7 Å². The van der Waals surface area contributed by atoms with Gasteiger partial charge in [0.2, 0.25) is 10.0 Å². The molecule has 1 unspecified atom stereocenters. The highest BCUT2D eigenvalue weighted by atomic mass is 32.2.